The number of hydrogen-bond acceptors (Lipinski definition) is 4. The first-order chi connectivity index (χ1) is 27.2. The maximum Gasteiger partial charge on any atom is 0.203 e. The topological polar surface area (TPSA) is 41.6 Å². The van der Waals surface area contributed by atoms with Gasteiger partial charge in [0.05, 0.1) is 11.4 Å². The second-order valence-corrected chi connectivity index (χ2v) is 16.8. The van der Waals surface area contributed by atoms with Crippen molar-refractivity contribution in [1.82, 2.24) is 0 Å². The van der Waals surface area contributed by atoms with Crippen molar-refractivity contribution in [2.24, 2.45) is 0 Å². The lowest BCUT2D eigenvalue weighted by atomic mass is 9.58. The number of fused-ring (bicyclic) bond motifs is 9. The summed E-state index contributed by atoms with van der Waals surface area (Å²) in [5, 5.41) is 7.14. The van der Waals surface area contributed by atoms with Gasteiger partial charge in [0.15, 0.2) is 5.88 Å². The van der Waals surface area contributed by atoms with E-state index in [1.807, 2.05) is 0 Å². The lowest BCUT2D eigenvalue weighted by Gasteiger charge is -2.37. The van der Waals surface area contributed by atoms with Gasteiger partial charge in [0.25, 0.3) is 0 Å². The minimum absolute atomic E-state index is 0.0407. The predicted octanol–water partition coefficient (Wildman–Crippen LogP) is 12.8. The lowest BCUT2D eigenvalue weighted by Crippen LogP contribution is -2.40. The molecule has 0 aliphatic carbocycles. The minimum atomic E-state index is -0.224. The maximum absolute atomic E-state index is 6.97. The molecular weight excluding hydrogens is 683 g/mol. The molecule has 2 aliphatic heterocycles. The first-order valence-electron chi connectivity index (χ1n) is 19.5. The third kappa shape index (κ3) is 4.73. The highest BCUT2D eigenvalue weighted by molar-refractivity contribution is 6.76. The van der Waals surface area contributed by atoms with Gasteiger partial charge in [0, 0.05) is 49.6 Å². The van der Waals surface area contributed by atoms with Gasteiger partial charge in [0.2, 0.25) is 7.28 Å². The smallest absolute Gasteiger partial charge is 0.203 e. The summed E-state index contributed by atoms with van der Waals surface area (Å²) in [5.41, 5.74) is 17.1. The first-order valence-corrected chi connectivity index (χ1v) is 19.5. The van der Waals surface area contributed by atoms with E-state index in [9.17, 15) is 0 Å². The van der Waals surface area contributed by atoms with Crippen molar-refractivity contribution >= 4 is 79.7 Å². The highest BCUT2D eigenvalue weighted by atomic mass is 16.4. The molecule has 269 valence electrons. The van der Waals surface area contributed by atoms with E-state index < -0.39 is 0 Å². The average molecular weight is 724 g/mol. The van der Waals surface area contributed by atoms with Crippen LogP contribution in [0.4, 0.5) is 28.6 Å². The molecule has 0 bridgehead atoms. The fourth-order valence-electron chi connectivity index (χ4n) is 9.19. The van der Waals surface area contributed by atoms with Gasteiger partial charge >= 0.3 is 0 Å². The van der Waals surface area contributed by atoms with Crippen molar-refractivity contribution in [2.45, 2.75) is 45.4 Å². The average Bonchev–Trinajstić information content (AvgIpc) is 3.77. The molecule has 2 aliphatic rings. The second-order valence-electron chi connectivity index (χ2n) is 16.8. The zero-order valence-electron chi connectivity index (χ0n) is 32.2. The molecule has 1 radical (unpaired) electrons. The monoisotopic (exact) mass is 723 g/mol. The summed E-state index contributed by atoms with van der Waals surface area (Å²) >= 11 is 0. The summed E-state index contributed by atoms with van der Waals surface area (Å²) in [6, 6.07) is 52.2. The number of rotatable bonds is 3. The number of nitrogens with one attached hydrogen (secondary N) is 1. The Balaban J connectivity index is 1.28. The highest BCUT2D eigenvalue weighted by Gasteiger charge is 2.38. The van der Waals surface area contributed by atoms with Gasteiger partial charge in [-0.2, -0.15) is 0 Å². The normalized spacial score (nSPS) is 14.2. The summed E-state index contributed by atoms with van der Waals surface area (Å²) in [7, 11) is 2.34. The first kappa shape index (κ1) is 32.9. The van der Waals surface area contributed by atoms with E-state index in [1.54, 1.807) is 0 Å². The molecule has 11 rings (SSSR count). The Kier molecular flexibility index (Phi) is 6.92. The van der Waals surface area contributed by atoms with Crippen LogP contribution in [0.15, 0.2) is 154 Å². The van der Waals surface area contributed by atoms with Crippen molar-refractivity contribution in [3.8, 4) is 22.3 Å². The molecule has 0 atom stereocenters. The van der Waals surface area contributed by atoms with Crippen LogP contribution in [-0.4, -0.2) is 7.28 Å². The van der Waals surface area contributed by atoms with Crippen LogP contribution >= 0.6 is 0 Å². The van der Waals surface area contributed by atoms with Crippen LogP contribution in [0.3, 0.4) is 0 Å². The zero-order chi connectivity index (χ0) is 37.9. The van der Waals surface area contributed by atoms with Crippen molar-refractivity contribution in [2.75, 3.05) is 10.2 Å². The van der Waals surface area contributed by atoms with E-state index >= 15 is 0 Å². The molecular formula is C51H40BN2O2. The highest BCUT2D eigenvalue weighted by Crippen LogP contribution is 2.52. The van der Waals surface area contributed by atoms with Crippen molar-refractivity contribution < 1.29 is 8.83 Å². The number of nitrogens with zero attached hydrogens (tertiary/aromatic N) is 1. The maximum atomic E-state index is 6.97. The number of para-hydroxylation sites is 4. The van der Waals surface area contributed by atoms with Crippen molar-refractivity contribution in [1.29, 1.82) is 0 Å². The summed E-state index contributed by atoms with van der Waals surface area (Å²) in [4.78, 5) is 2.37. The van der Waals surface area contributed by atoms with Gasteiger partial charge in [-0.05, 0) is 75.0 Å². The molecule has 7 aromatic carbocycles. The Morgan fingerprint density at radius 2 is 1.29 bits per heavy atom. The van der Waals surface area contributed by atoms with Crippen molar-refractivity contribution in [3.05, 3.63) is 162 Å². The van der Waals surface area contributed by atoms with E-state index in [0.29, 0.717) is 0 Å². The molecule has 9 aromatic rings. The molecule has 0 saturated heterocycles. The molecule has 0 fully saturated rings. The molecule has 4 nitrogen and oxygen atoms in total. The van der Waals surface area contributed by atoms with Gasteiger partial charge < -0.3 is 14.2 Å². The standard InChI is InChI=1S/C51H40BN2O2/c1-50(2,3)31-26-27-40(35(28-31)30-16-7-6-8-17-30)54-41-29-36-32-18-9-13-24-42(32)55-48(36)44(46(41)52-45-33-19-10-14-25-43(33)56-49(45)54)34-20-15-22-38-47(34)53-39-23-12-11-21-37(39)51(38,4)5/h6-29,53H,1-5H3. The molecule has 0 saturated carbocycles. The second kappa shape index (κ2) is 11.8. The van der Waals surface area contributed by atoms with Crippen LogP contribution in [-0.2, 0) is 10.8 Å². The van der Waals surface area contributed by atoms with Crippen LogP contribution in [0.2, 0.25) is 0 Å². The lowest BCUT2D eigenvalue weighted by molar-refractivity contribution is 0.590. The molecule has 0 spiro atoms. The molecule has 56 heavy (non-hydrogen) atoms. The summed E-state index contributed by atoms with van der Waals surface area (Å²) in [6.45, 7) is 11.5. The van der Waals surface area contributed by atoms with Crippen LogP contribution in [0.25, 0.3) is 55.2 Å². The van der Waals surface area contributed by atoms with Crippen LogP contribution < -0.4 is 21.1 Å². The number of hydrogen-bond donors (Lipinski definition) is 1. The third-order valence-electron chi connectivity index (χ3n) is 12.1. The van der Waals surface area contributed by atoms with Gasteiger partial charge in [-0.25, -0.2) is 0 Å². The largest absolute Gasteiger partial charge is 0.455 e. The van der Waals surface area contributed by atoms with E-state index in [-0.39, 0.29) is 10.8 Å². The fourth-order valence-corrected chi connectivity index (χ4v) is 9.19. The molecule has 0 amide bonds. The van der Waals surface area contributed by atoms with E-state index in [1.165, 1.54) is 16.7 Å². The minimum Gasteiger partial charge on any atom is -0.455 e. The number of benzene rings is 7. The van der Waals surface area contributed by atoms with Crippen molar-refractivity contribution in [3.63, 3.8) is 0 Å². The molecule has 1 N–H and O–H groups in total. The Morgan fingerprint density at radius 3 is 2.09 bits per heavy atom. The van der Waals surface area contributed by atoms with Crippen LogP contribution in [0.5, 0.6) is 0 Å². The van der Waals surface area contributed by atoms with Gasteiger partial charge in [-0.3, -0.25) is 4.90 Å². The summed E-state index contributed by atoms with van der Waals surface area (Å²) in [6.07, 6.45) is 0. The van der Waals surface area contributed by atoms with Crippen LogP contribution in [0, 0.1) is 0 Å². The summed E-state index contributed by atoms with van der Waals surface area (Å²) in [5.74, 6) is 0.806. The number of anilines is 5. The summed E-state index contributed by atoms with van der Waals surface area (Å²) < 4.78 is 13.9. The van der Waals surface area contributed by atoms with E-state index in [2.05, 4.69) is 198 Å². The predicted molar refractivity (Wildman–Crippen MR) is 235 cm³/mol. The Labute approximate surface area is 327 Å². The molecule has 4 heterocycles. The van der Waals surface area contributed by atoms with E-state index in [0.717, 1.165) is 94.7 Å². The van der Waals surface area contributed by atoms with Crippen LogP contribution in [0.1, 0.15) is 51.3 Å². The SMILES string of the molecule is CC(C)(C)c1ccc(N2c3cc4c(oc5ccccc54)c(-c4cccc5c4Nc4ccccc4C5(C)C)c3[B]c3c2oc2ccccc32)c(-c2ccccc2)c1. The molecule has 2 aromatic heterocycles. The molecule has 5 heteroatoms. The number of furan rings is 2. The van der Waals surface area contributed by atoms with Gasteiger partial charge in [-0.1, -0.05) is 144 Å². The Morgan fingerprint density at radius 1 is 0.589 bits per heavy atom. The fraction of sp³-hybridized carbons (Fsp3) is 0.137. The van der Waals surface area contributed by atoms with Gasteiger partial charge in [-0.15, -0.1) is 0 Å². The van der Waals surface area contributed by atoms with Gasteiger partial charge in [0.1, 0.15) is 16.7 Å². The quantitative estimate of drug-likeness (QED) is 0.184. The molecule has 0 unspecified atom stereocenters. The van der Waals surface area contributed by atoms with E-state index in [4.69, 9.17) is 8.83 Å². The Bertz CT molecular complexity index is 3050. The third-order valence-corrected chi connectivity index (χ3v) is 12.1. The Hall–Kier alpha value is -6.46. The zero-order valence-corrected chi connectivity index (χ0v) is 32.2.